The fourth-order valence-corrected chi connectivity index (χ4v) is 3.30. The van der Waals surface area contributed by atoms with E-state index in [2.05, 4.69) is 10.3 Å². The number of fused-ring (bicyclic) bond motifs is 1. The second-order valence-corrected chi connectivity index (χ2v) is 5.87. The van der Waals surface area contributed by atoms with Crippen molar-refractivity contribution in [1.82, 2.24) is 9.88 Å². The van der Waals surface area contributed by atoms with Crippen LogP contribution in [-0.2, 0) is 17.8 Å². The van der Waals surface area contributed by atoms with Crippen LogP contribution in [-0.4, -0.2) is 34.1 Å². The summed E-state index contributed by atoms with van der Waals surface area (Å²) in [6.45, 7) is 1.10. The number of amides is 2. The van der Waals surface area contributed by atoms with E-state index in [1.807, 2.05) is 0 Å². The maximum Gasteiger partial charge on any atom is 0.293 e. The van der Waals surface area contributed by atoms with Crippen molar-refractivity contribution >= 4 is 39.9 Å². The average molecular weight is 326 g/mol. The Hall–Kier alpha value is -1.86. The smallest absolute Gasteiger partial charge is 0.293 e. The topological polar surface area (TPSA) is 75.4 Å². The Labute approximate surface area is 129 Å². The fourth-order valence-electron chi connectivity index (χ4n) is 2.11. The van der Waals surface area contributed by atoms with Gasteiger partial charge in [0.1, 0.15) is 5.88 Å². The van der Waals surface area contributed by atoms with Gasteiger partial charge in [-0.2, -0.15) is 0 Å². The number of alkyl halides is 1. The third kappa shape index (κ3) is 2.93. The van der Waals surface area contributed by atoms with Gasteiger partial charge in [0.2, 0.25) is 5.91 Å². The van der Waals surface area contributed by atoms with Crippen LogP contribution in [0.15, 0.2) is 22.8 Å². The molecule has 110 valence electrons. The number of aromatic nitrogens is 1. The second kappa shape index (κ2) is 5.87. The maximum atomic E-state index is 11.9. The highest BCUT2D eigenvalue weighted by Crippen LogP contribution is 2.28. The molecule has 8 heteroatoms. The molecule has 1 N–H and O–H groups in total. The van der Waals surface area contributed by atoms with Crippen LogP contribution in [0.2, 0.25) is 0 Å². The molecule has 3 heterocycles. The van der Waals surface area contributed by atoms with E-state index in [0.717, 1.165) is 10.6 Å². The molecular formula is C13H12ClN3O3S. The molecule has 0 saturated heterocycles. The summed E-state index contributed by atoms with van der Waals surface area (Å²) >= 11 is 6.94. The Kier molecular flexibility index (Phi) is 3.94. The molecular weight excluding hydrogens is 314 g/mol. The number of rotatable bonds is 3. The molecule has 0 atom stereocenters. The molecule has 0 spiro atoms. The first-order valence-electron chi connectivity index (χ1n) is 6.34. The lowest BCUT2D eigenvalue weighted by atomic mass is 10.2. The molecule has 21 heavy (non-hydrogen) atoms. The van der Waals surface area contributed by atoms with Gasteiger partial charge in [0.25, 0.3) is 5.91 Å². The van der Waals surface area contributed by atoms with Crippen molar-refractivity contribution in [1.29, 1.82) is 0 Å². The number of hydrogen-bond donors (Lipinski definition) is 1. The van der Waals surface area contributed by atoms with E-state index in [0.29, 0.717) is 24.6 Å². The van der Waals surface area contributed by atoms with Crippen LogP contribution in [0.1, 0.15) is 21.1 Å². The van der Waals surface area contributed by atoms with E-state index < -0.39 is 0 Å². The highest BCUT2D eigenvalue weighted by atomic mass is 35.5. The minimum atomic E-state index is -0.334. The molecule has 2 aromatic heterocycles. The predicted molar refractivity (Wildman–Crippen MR) is 78.6 cm³/mol. The Morgan fingerprint density at radius 3 is 3.10 bits per heavy atom. The van der Waals surface area contributed by atoms with Gasteiger partial charge in [0, 0.05) is 17.8 Å². The predicted octanol–water partition coefficient (Wildman–Crippen LogP) is 2.11. The molecule has 2 aromatic rings. The highest BCUT2D eigenvalue weighted by Gasteiger charge is 2.24. The number of nitrogens with one attached hydrogen (secondary N) is 1. The van der Waals surface area contributed by atoms with Gasteiger partial charge >= 0.3 is 0 Å². The van der Waals surface area contributed by atoms with Crippen LogP contribution in [0.5, 0.6) is 0 Å². The van der Waals surface area contributed by atoms with Crippen LogP contribution in [0.3, 0.4) is 0 Å². The molecule has 0 unspecified atom stereocenters. The van der Waals surface area contributed by atoms with Gasteiger partial charge in [-0.1, -0.05) is 11.3 Å². The minimum absolute atomic E-state index is 0.0176. The van der Waals surface area contributed by atoms with E-state index in [1.54, 1.807) is 17.0 Å². The van der Waals surface area contributed by atoms with Crippen molar-refractivity contribution in [3.63, 3.8) is 0 Å². The number of furan rings is 1. The molecule has 1 aliphatic heterocycles. The van der Waals surface area contributed by atoms with Crippen LogP contribution < -0.4 is 5.32 Å². The van der Waals surface area contributed by atoms with Crippen molar-refractivity contribution in [3.8, 4) is 0 Å². The quantitative estimate of drug-likeness (QED) is 0.877. The zero-order valence-electron chi connectivity index (χ0n) is 11.0. The van der Waals surface area contributed by atoms with E-state index in [4.69, 9.17) is 16.0 Å². The number of nitrogens with zero attached hydrogens (tertiary/aromatic N) is 2. The molecule has 3 rings (SSSR count). The summed E-state index contributed by atoms with van der Waals surface area (Å²) in [6.07, 6.45) is 2.11. The standard InChI is InChI=1S/C13H12ClN3O3S/c14-6-11(18)17-4-3-8-10(7-17)21-13(15-8)16-12(19)9-2-1-5-20-9/h1-2,5H,3-4,6-7H2,(H,15,16,19). The molecule has 2 amide bonds. The number of thiazole rings is 1. The monoisotopic (exact) mass is 325 g/mol. The Morgan fingerprint density at radius 1 is 1.52 bits per heavy atom. The summed E-state index contributed by atoms with van der Waals surface area (Å²) in [4.78, 5) is 30.6. The zero-order valence-corrected chi connectivity index (χ0v) is 12.5. The van der Waals surface area contributed by atoms with Crippen molar-refractivity contribution < 1.29 is 14.0 Å². The summed E-state index contributed by atoms with van der Waals surface area (Å²) in [6, 6.07) is 3.24. The molecule has 0 aromatic carbocycles. The number of anilines is 1. The van der Waals surface area contributed by atoms with E-state index in [1.165, 1.54) is 17.6 Å². The molecule has 1 aliphatic rings. The molecule has 0 fully saturated rings. The number of carbonyl (C=O) groups excluding carboxylic acids is 2. The van der Waals surface area contributed by atoms with Crippen LogP contribution in [0.25, 0.3) is 0 Å². The lowest BCUT2D eigenvalue weighted by molar-refractivity contribution is -0.129. The minimum Gasteiger partial charge on any atom is -0.459 e. The van der Waals surface area contributed by atoms with Gasteiger partial charge in [-0.25, -0.2) is 4.98 Å². The fraction of sp³-hybridized carbons (Fsp3) is 0.308. The van der Waals surface area contributed by atoms with Crippen LogP contribution >= 0.6 is 22.9 Å². The summed E-state index contributed by atoms with van der Waals surface area (Å²) in [7, 11) is 0. The summed E-state index contributed by atoms with van der Waals surface area (Å²) in [5.41, 5.74) is 0.924. The summed E-state index contributed by atoms with van der Waals surface area (Å²) < 4.78 is 5.03. The summed E-state index contributed by atoms with van der Waals surface area (Å²) in [5.74, 6) is -0.199. The molecule has 0 radical (unpaired) electrons. The molecule has 6 nitrogen and oxygen atoms in total. The van der Waals surface area contributed by atoms with Gasteiger partial charge in [-0.05, 0) is 12.1 Å². The Bertz CT molecular complexity index is 668. The number of halogens is 1. The van der Waals surface area contributed by atoms with Gasteiger partial charge in [0.05, 0.1) is 18.5 Å². The van der Waals surface area contributed by atoms with Crippen molar-refractivity contribution in [2.24, 2.45) is 0 Å². The van der Waals surface area contributed by atoms with Crippen LogP contribution in [0.4, 0.5) is 5.13 Å². The van der Waals surface area contributed by atoms with Crippen LogP contribution in [0, 0.1) is 0 Å². The summed E-state index contributed by atoms with van der Waals surface area (Å²) in [5, 5.41) is 3.22. The van der Waals surface area contributed by atoms with Crippen molar-refractivity contribution in [2.75, 3.05) is 17.7 Å². The third-order valence-electron chi connectivity index (χ3n) is 3.16. The SMILES string of the molecule is O=C(Nc1nc2c(s1)CN(C(=O)CCl)CC2)c1ccco1. The lowest BCUT2D eigenvalue weighted by Gasteiger charge is -2.25. The zero-order chi connectivity index (χ0) is 14.8. The number of carbonyl (C=O) groups is 2. The van der Waals surface area contributed by atoms with Crippen molar-refractivity contribution in [2.45, 2.75) is 13.0 Å². The average Bonchev–Trinajstić information content (AvgIpc) is 3.14. The van der Waals surface area contributed by atoms with Gasteiger partial charge in [0.15, 0.2) is 10.9 Å². The molecule has 0 aliphatic carbocycles. The largest absolute Gasteiger partial charge is 0.459 e. The van der Waals surface area contributed by atoms with E-state index >= 15 is 0 Å². The lowest BCUT2D eigenvalue weighted by Crippen LogP contribution is -2.36. The maximum absolute atomic E-state index is 11.9. The normalized spacial score (nSPS) is 13.9. The second-order valence-electron chi connectivity index (χ2n) is 4.52. The van der Waals surface area contributed by atoms with E-state index in [-0.39, 0.29) is 23.5 Å². The van der Waals surface area contributed by atoms with Gasteiger partial charge in [-0.3, -0.25) is 14.9 Å². The van der Waals surface area contributed by atoms with E-state index in [9.17, 15) is 9.59 Å². The first kappa shape index (κ1) is 14.1. The van der Waals surface area contributed by atoms with Gasteiger partial charge < -0.3 is 9.32 Å². The number of hydrogen-bond acceptors (Lipinski definition) is 5. The molecule has 0 bridgehead atoms. The third-order valence-corrected chi connectivity index (χ3v) is 4.39. The first-order valence-corrected chi connectivity index (χ1v) is 7.69. The molecule has 0 saturated carbocycles. The Balaban J connectivity index is 1.72. The highest BCUT2D eigenvalue weighted by molar-refractivity contribution is 7.15. The Morgan fingerprint density at radius 2 is 2.38 bits per heavy atom. The van der Waals surface area contributed by atoms with Crippen molar-refractivity contribution in [3.05, 3.63) is 34.7 Å². The van der Waals surface area contributed by atoms with Gasteiger partial charge in [-0.15, -0.1) is 11.6 Å². The first-order chi connectivity index (χ1) is 10.2.